The van der Waals surface area contributed by atoms with Crippen LogP contribution in [0.2, 0.25) is 0 Å². The fourth-order valence-electron chi connectivity index (χ4n) is 4.05. The summed E-state index contributed by atoms with van der Waals surface area (Å²) < 4.78 is 1.84. The van der Waals surface area contributed by atoms with Crippen molar-refractivity contribution in [3.05, 3.63) is 11.5 Å². The molecule has 2 fully saturated rings. The maximum Gasteiger partial charge on any atom is 0.163 e. The first-order valence-corrected chi connectivity index (χ1v) is 8.38. The predicted octanol–water partition coefficient (Wildman–Crippen LogP) is 0.780. The molecule has 0 bridgehead atoms. The van der Waals surface area contributed by atoms with E-state index >= 15 is 0 Å². The summed E-state index contributed by atoms with van der Waals surface area (Å²) in [5.74, 6) is 1.73. The van der Waals surface area contributed by atoms with Crippen LogP contribution < -0.4 is 5.32 Å². The number of aryl methyl sites for hydroxylation is 3. The van der Waals surface area contributed by atoms with E-state index in [1.807, 2.05) is 25.6 Å². The first kappa shape index (κ1) is 14.8. The number of nitrogens with one attached hydrogen (secondary N) is 1. The van der Waals surface area contributed by atoms with Crippen LogP contribution in [0.5, 0.6) is 0 Å². The summed E-state index contributed by atoms with van der Waals surface area (Å²) in [5.41, 5.74) is 1.90. The number of anilines is 1. The van der Waals surface area contributed by atoms with Crippen LogP contribution in [0.1, 0.15) is 17.9 Å². The molecule has 0 aliphatic carbocycles. The van der Waals surface area contributed by atoms with Gasteiger partial charge in [0.1, 0.15) is 11.6 Å². The van der Waals surface area contributed by atoms with Crippen LogP contribution in [-0.4, -0.2) is 74.9 Å². The third kappa shape index (κ3) is 2.57. The van der Waals surface area contributed by atoms with E-state index in [4.69, 9.17) is 0 Å². The largest absolute Gasteiger partial charge is 0.365 e. The molecule has 7 nitrogen and oxygen atoms in total. The van der Waals surface area contributed by atoms with Crippen molar-refractivity contribution in [2.45, 2.75) is 32.4 Å². The Bertz CT molecular complexity index is 738. The molecule has 2 aliphatic heterocycles. The lowest BCUT2D eigenvalue weighted by atomic mass is 10.1. The van der Waals surface area contributed by atoms with Crippen molar-refractivity contribution in [1.29, 1.82) is 0 Å². The third-order valence-electron chi connectivity index (χ3n) is 5.13. The average molecular weight is 315 g/mol. The zero-order valence-corrected chi connectivity index (χ0v) is 14.4. The Morgan fingerprint density at radius 3 is 2.74 bits per heavy atom. The number of aromatic nitrogens is 4. The van der Waals surface area contributed by atoms with Gasteiger partial charge in [0.2, 0.25) is 0 Å². The molecule has 2 saturated heterocycles. The lowest BCUT2D eigenvalue weighted by Crippen LogP contribution is -2.48. The van der Waals surface area contributed by atoms with Gasteiger partial charge < -0.3 is 10.2 Å². The Morgan fingerprint density at radius 1 is 1.09 bits per heavy atom. The normalized spacial score (nSPS) is 25.9. The summed E-state index contributed by atoms with van der Waals surface area (Å²) in [7, 11) is 4.16. The Hall–Kier alpha value is -1.73. The summed E-state index contributed by atoms with van der Waals surface area (Å²) in [6.45, 7) is 8.58. The van der Waals surface area contributed by atoms with Gasteiger partial charge in [0, 0.05) is 45.3 Å². The van der Waals surface area contributed by atoms with Crippen molar-refractivity contribution < 1.29 is 0 Å². The van der Waals surface area contributed by atoms with Gasteiger partial charge >= 0.3 is 0 Å². The van der Waals surface area contributed by atoms with E-state index in [0.717, 1.165) is 34.9 Å². The van der Waals surface area contributed by atoms with Gasteiger partial charge in [-0.2, -0.15) is 5.10 Å². The molecule has 0 saturated carbocycles. The molecule has 2 atom stereocenters. The minimum atomic E-state index is 0.448. The number of fused-ring (bicyclic) bond motifs is 2. The van der Waals surface area contributed by atoms with Crippen molar-refractivity contribution in [3.8, 4) is 0 Å². The summed E-state index contributed by atoms with van der Waals surface area (Å²) >= 11 is 0. The molecule has 2 aliphatic rings. The molecule has 0 amide bonds. The molecule has 2 aromatic rings. The number of likely N-dealkylation sites (N-methyl/N-ethyl adjacent to an activating group) is 1. The Balaban J connectivity index is 1.61. The zero-order chi connectivity index (χ0) is 16.1. The molecule has 1 N–H and O–H groups in total. The van der Waals surface area contributed by atoms with E-state index < -0.39 is 0 Å². The molecule has 0 unspecified atom stereocenters. The van der Waals surface area contributed by atoms with Crippen LogP contribution in [0.3, 0.4) is 0 Å². The summed E-state index contributed by atoms with van der Waals surface area (Å²) in [5, 5.41) is 9.25. The number of hydrogen-bond donors (Lipinski definition) is 1. The third-order valence-corrected chi connectivity index (χ3v) is 5.13. The van der Waals surface area contributed by atoms with Gasteiger partial charge in [-0.1, -0.05) is 0 Å². The average Bonchev–Trinajstić information content (AvgIpc) is 2.99. The van der Waals surface area contributed by atoms with Crippen LogP contribution >= 0.6 is 0 Å². The Morgan fingerprint density at radius 2 is 1.91 bits per heavy atom. The molecular formula is C16H25N7. The molecule has 4 heterocycles. The van der Waals surface area contributed by atoms with Crippen LogP contribution in [-0.2, 0) is 7.05 Å². The molecule has 124 valence electrons. The first-order valence-electron chi connectivity index (χ1n) is 8.38. The van der Waals surface area contributed by atoms with Gasteiger partial charge in [-0.05, 0) is 27.3 Å². The van der Waals surface area contributed by atoms with Gasteiger partial charge in [-0.3, -0.25) is 9.58 Å². The highest BCUT2D eigenvalue weighted by Gasteiger charge is 2.35. The second-order valence-electron chi connectivity index (χ2n) is 7.02. The lowest BCUT2D eigenvalue weighted by molar-refractivity contribution is 0.124. The van der Waals surface area contributed by atoms with Crippen molar-refractivity contribution in [2.24, 2.45) is 7.05 Å². The predicted molar refractivity (Wildman–Crippen MR) is 90.7 cm³/mol. The minimum Gasteiger partial charge on any atom is -0.365 e. The smallest absolute Gasteiger partial charge is 0.163 e. The van der Waals surface area contributed by atoms with Gasteiger partial charge in [-0.25, -0.2) is 9.97 Å². The highest BCUT2D eigenvalue weighted by Crippen LogP contribution is 2.28. The monoisotopic (exact) mass is 315 g/mol. The van der Waals surface area contributed by atoms with Crippen LogP contribution in [0.15, 0.2) is 0 Å². The second-order valence-corrected chi connectivity index (χ2v) is 7.02. The first-order chi connectivity index (χ1) is 11.0. The quantitative estimate of drug-likeness (QED) is 0.884. The molecule has 7 heteroatoms. The number of rotatable bonds is 2. The molecule has 0 aromatic carbocycles. The highest BCUT2D eigenvalue weighted by molar-refractivity contribution is 5.89. The number of piperazine rings is 1. The second kappa shape index (κ2) is 5.42. The lowest BCUT2D eigenvalue weighted by Gasteiger charge is -2.34. The Labute approximate surface area is 136 Å². The van der Waals surface area contributed by atoms with Crippen molar-refractivity contribution in [3.63, 3.8) is 0 Å². The molecule has 23 heavy (non-hydrogen) atoms. The summed E-state index contributed by atoms with van der Waals surface area (Å²) in [4.78, 5) is 14.3. The zero-order valence-electron chi connectivity index (χ0n) is 14.4. The van der Waals surface area contributed by atoms with Gasteiger partial charge in [0.25, 0.3) is 0 Å². The van der Waals surface area contributed by atoms with Crippen LogP contribution in [0.25, 0.3) is 11.0 Å². The molecular weight excluding hydrogens is 290 g/mol. The van der Waals surface area contributed by atoms with Crippen molar-refractivity contribution >= 4 is 16.9 Å². The van der Waals surface area contributed by atoms with Crippen molar-refractivity contribution in [1.82, 2.24) is 29.5 Å². The number of hydrogen-bond acceptors (Lipinski definition) is 6. The maximum absolute atomic E-state index is 4.67. The maximum atomic E-state index is 4.67. The fourth-order valence-corrected chi connectivity index (χ4v) is 4.05. The topological polar surface area (TPSA) is 62.1 Å². The van der Waals surface area contributed by atoms with E-state index in [2.05, 4.69) is 37.2 Å². The van der Waals surface area contributed by atoms with E-state index in [1.54, 1.807) is 0 Å². The molecule has 2 aromatic heterocycles. The summed E-state index contributed by atoms with van der Waals surface area (Å²) in [6, 6.07) is 1.11. The minimum absolute atomic E-state index is 0.448. The SMILES string of the molecule is Cc1nc(N[C@H]2C[C@H]3CN(C)CCN3C2)c2c(C)nn(C)c2n1. The standard InChI is InChI=1S/C16H25N7/c1-10-14-15(17-11(2)18-16(14)22(4)20-10)19-12-7-13-9-21(3)5-6-23(13)8-12/h12-13H,5-9H2,1-4H3,(H,17,18,19)/t12-,13-/m0/s1. The number of nitrogens with zero attached hydrogens (tertiary/aromatic N) is 6. The molecule has 0 radical (unpaired) electrons. The molecule has 4 rings (SSSR count). The van der Waals surface area contributed by atoms with Crippen molar-refractivity contribution in [2.75, 3.05) is 38.5 Å². The van der Waals surface area contributed by atoms with Gasteiger partial charge in [0.15, 0.2) is 5.65 Å². The van der Waals surface area contributed by atoms with E-state index in [9.17, 15) is 0 Å². The summed E-state index contributed by atoms with van der Waals surface area (Å²) in [6.07, 6.45) is 1.17. The van der Waals surface area contributed by atoms with Gasteiger partial charge in [-0.15, -0.1) is 0 Å². The van der Waals surface area contributed by atoms with Gasteiger partial charge in [0.05, 0.1) is 11.1 Å². The van der Waals surface area contributed by atoms with Crippen LogP contribution in [0.4, 0.5) is 5.82 Å². The molecule has 0 spiro atoms. The van der Waals surface area contributed by atoms with Crippen LogP contribution in [0, 0.1) is 13.8 Å². The van der Waals surface area contributed by atoms with E-state index in [0.29, 0.717) is 12.1 Å². The van der Waals surface area contributed by atoms with E-state index in [-0.39, 0.29) is 0 Å². The fraction of sp³-hybridized carbons (Fsp3) is 0.688. The van der Waals surface area contributed by atoms with E-state index in [1.165, 1.54) is 26.1 Å². The Kier molecular flexibility index (Phi) is 3.50. The highest BCUT2D eigenvalue weighted by atomic mass is 15.3.